The van der Waals surface area contributed by atoms with Gasteiger partial charge in [0.25, 0.3) is 0 Å². The van der Waals surface area contributed by atoms with Crippen LogP contribution in [0.1, 0.15) is 35.1 Å². The van der Waals surface area contributed by atoms with Gasteiger partial charge in [0.15, 0.2) is 5.69 Å². The molecule has 1 aromatic carbocycles. The quantitative estimate of drug-likeness (QED) is 0.813. The van der Waals surface area contributed by atoms with Crippen LogP contribution >= 0.6 is 11.6 Å². The Bertz CT molecular complexity index is 637. The maximum Gasteiger partial charge on any atom is 0.360 e. The van der Waals surface area contributed by atoms with Gasteiger partial charge in [-0.3, -0.25) is 0 Å². The summed E-state index contributed by atoms with van der Waals surface area (Å²) in [6.45, 7) is 5.99. The van der Waals surface area contributed by atoms with Crippen LogP contribution in [0.15, 0.2) is 18.2 Å². The first-order valence-electron chi connectivity index (χ1n) is 6.41. The van der Waals surface area contributed by atoms with Crippen LogP contribution in [0.2, 0.25) is 5.02 Å². The first-order valence-corrected chi connectivity index (χ1v) is 6.79. The molecule has 0 atom stereocenters. The minimum Gasteiger partial charge on any atom is -0.461 e. The highest BCUT2D eigenvalue weighted by molar-refractivity contribution is 6.31. The lowest BCUT2D eigenvalue weighted by atomic mass is 10.2. The molecule has 20 heavy (non-hydrogen) atoms. The highest BCUT2D eigenvalue weighted by Crippen LogP contribution is 2.23. The van der Waals surface area contributed by atoms with E-state index in [0.29, 0.717) is 17.3 Å². The van der Waals surface area contributed by atoms with E-state index in [1.807, 2.05) is 32.0 Å². The molecular formula is C14H16ClN3O2. The third-order valence-corrected chi connectivity index (χ3v) is 3.40. The zero-order chi connectivity index (χ0) is 14.7. The Balaban J connectivity index is 2.38. The van der Waals surface area contributed by atoms with Gasteiger partial charge in [-0.2, -0.15) is 0 Å². The average Bonchev–Trinajstić information content (AvgIpc) is 2.81. The van der Waals surface area contributed by atoms with E-state index in [0.717, 1.165) is 17.7 Å². The second-order valence-electron chi connectivity index (χ2n) is 4.46. The van der Waals surface area contributed by atoms with Crippen molar-refractivity contribution in [2.75, 3.05) is 6.61 Å². The molecule has 0 saturated carbocycles. The second-order valence-corrected chi connectivity index (χ2v) is 4.86. The van der Waals surface area contributed by atoms with Crippen LogP contribution in [-0.4, -0.2) is 27.6 Å². The molecule has 6 heteroatoms. The molecule has 1 aromatic heterocycles. The molecule has 5 nitrogen and oxygen atoms in total. The van der Waals surface area contributed by atoms with Crippen LogP contribution in [-0.2, 0) is 4.74 Å². The van der Waals surface area contributed by atoms with Gasteiger partial charge < -0.3 is 4.74 Å². The lowest BCUT2D eigenvalue weighted by Gasteiger charge is -2.08. The number of aromatic nitrogens is 3. The zero-order valence-corrected chi connectivity index (χ0v) is 12.4. The highest BCUT2D eigenvalue weighted by atomic mass is 35.5. The van der Waals surface area contributed by atoms with Crippen molar-refractivity contribution in [1.82, 2.24) is 15.0 Å². The number of hydrogen-bond acceptors (Lipinski definition) is 4. The zero-order valence-electron chi connectivity index (χ0n) is 11.7. The summed E-state index contributed by atoms with van der Waals surface area (Å²) in [5.74, 6) is -0.449. The maximum atomic E-state index is 11.9. The van der Waals surface area contributed by atoms with E-state index < -0.39 is 5.97 Å². The van der Waals surface area contributed by atoms with Gasteiger partial charge in [0.05, 0.1) is 18.0 Å². The molecule has 0 bridgehead atoms. The summed E-state index contributed by atoms with van der Waals surface area (Å²) < 4.78 is 6.68. The van der Waals surface area contributed by atoms with Gasteiger partial charge in [0.2, 0.25) is 0 Å². The van der Waals surface area contributed by atoms with Gasteiger partial charge in [-0.05, 0) is 38.0 Å². The number of benzene rings is 1. The minimum atomic E-state index is -0.449. The van der Waals surface area contributed by atoms with Crippen molar-refractivity contribution < 1.29 is 9.53 Å². The van der Waals surface area contributed by atoms with Crippen LogP contribution in [0.3, 0.4) is 0 Å². The van der Waals surface area contributed by atoms with E-state index in [1.54, 1.807) is 11.6 Å². The Kier molecular flexibility index (Phi) is 4.39. The van der Waals surface area contributed by atoms with Crippen molar-refractivity contribution in [3.63, 3.8) is 0 Å². The molecule has 0 saturated heterocycles. The van der Waals surface area contributed by atoms with Crippen molar-refractivity contribution in [2.24, 2.45) is 0 Å². The van der Waals surface area contributed by atoms with Crippen LogP contribution in [0.5, 0.6) is 0 Å². The van der Waals surface area contributed by atoms with Crippen molar-refractivity contribution in [1.29, 1.82) is 0 Å². The lowest BCUT2D eigenvalue weighted by Crippen LogP contribution is -2.09. The monoisotopic (exact) mass is 293 g/mol. The predicted octanol–water partition coefficient (Wildman–Crippen LogP) is 3.10. The number of ether oxygens (including phenoxy) is 1. The molecule has 0 aliphatic heterocycles. The summed E-state index contributed by atoms with van der Waals surface area (Å²) in [7, 11) is 0. The fraction of sp³-hybridized carbons (Fsp3) is 0.357. The molecule has 2 aromatic rings. The van der Waals surface area contributed by atoms with Crippen LogP contribution in [0.25, 0.3) is 5.69 Å². The first kappa shape index (κ1) is 14.5. The first-order chi connectivity index (χ1) is 9.56. The number of rotatable bonds is 4. The number of carbonyl (C=O) groups excluding carboxylic acids is 1. The third kappa shape index (κ3) is 2.67. The van der Waals surface area contributed by atoms with Crippen molar-refractivity contribution >= 4 is 17.6 Å². The Labute approximate surface area is 122 Å². The van der Waals surface area contributed by atoms with Gasteiger partial charge in [-0.15, -0.1) is 5.10 Å². The Morgan fingerprint density at radius 2 is 2.15 bits per heavy atom. The van der Waals surface area contributed by atoms with E-state index in [2.05, 4.69) is 10.3 Å². The van der Waals surface area contributed by atoms with Crippen LogP contribution in [0, 0.1) is 13.8 Å². The van der Waals surface area contributed by atoms with Gasteiger partial charge in [0, 0.05) is 5.02 Å². The van der Waals surface area contributed by atoms with Crippen LogP contribution in [0.4, 0.5) is 0 Å². The topological polar surface area (TPSA) is 57.0 Å². The smallest absolute Gasteiger partial charge is 0.360 e. The number of nitrogens with zero attached hydrogens (tertiary/aromatic N) is 3. The molecule has 106 valence electrons. The van der Waals surface area contributed by atoms with Gasteiger partial charge >= 0.3 is 5.97 Å². The maximum absolute atomic E-state index is 11.9. The number of halogens is 1. The molecule has 0 radical (unpaired) electrons. The molecule has 0 unspecified atom stereocenters. The molecule has 0 spiro atoms. The molecule has 2 rings (SSSR count). The second kappa shape index (κ2) is 6.05. The normalized spacial score (nSPS) is 10.6. The van der Waals surface area contributed by atoms with E-state index in [1.165, 1.54) is 0 Å². The van der Waals surface area contributed by atoms with E-state index in [-0.39, 0.29) is 5.69 Å². The van der Waals surface area contributed by atoms with E-state index >= 15 is 0 Å². The van der Waals surface area contributed by atoms with E-state index in [9.17, 15) is 4.79 Å². The predicted molar refractivity (Wildman–Crippen MR) is 76.4 cm³/mol. The fourth-order valence-electron chi connectivity index (χ4n) is 1.84. The Morgan fingerprint density at radius 1 is 1.40 bits per heavy atom. The standard InChI is InChI=1S/C14H16ClN3O2/c1-4-8-20-14(19)13-10(3)18(17-16-13)12-7-5-6-11(15)9(12)2/h5-7H,4,8H2,1-3H3. The Morgan fingerprint density at radius 3 is 2.85 bits per heavy atom. The molecule has 1 heterocycles. The number of hydrogen-bond donors (Lipinski definition) is 0. The SMILES string of the molecule is CCCOC(=O)c1nnn(-c2cccc(Cl)c2C)c1C. The Hall–Kier alpha value is -1.88. The lowest BCUT2D eigenvalue weighted by molar-refractivity contribution is 0.0497. The minimum absolute atomic E-state index is 0.234. The van der Waals surface area contributed by atoms with Crippen molar-refractivity contribution in [3.8, 4) is 5.69 Å². The molecular weight excluding hydrogens is 278 g/mol. The van der Waals surface area contributed by atoms with Crippen LogP contribution < -0.4 is 0 Å². The van der Waals surface area contributed by atoms with Crippen molar-refractivity contribution in [3.05, 3.63) is 40.2 Å². The molecule has 0 fully saturated rings. The van der Waals surface area contributed by atoms with Crippen molar-refractivity contribution in [2.45, 2.75) is 27.2 Å². The molecule has 0 aliphatic rings. The largest absolute Gasteiger partial charge is 0.461 e. The van der Waals surface area contributed by atoms with Gasteiger partial charge in [0.1, 0.15) is 0 Å². The summed E-state index contributed by atoms with van der Waals surface area (Å²) in [4.78, 5) is 11.9. The average molecular weight is 294 g/mol. The summed E-state index contributed by atoms with van der Waals surface area (Å²) >= 11 is 6.10. The van der Waals surface area contributed by atoms with Gasteiger partial charge in [-0.25, -0.2) is 9.48 Å². The highest BCUT2D eigenvalue weighted by Gasteiger charge is 2.19. The summed E-state index contributed by atoms with van der Waals surface area (Å²) in [6, 6.07) is 5.52. The summed E-state index contributed by atoms with van der Waals surface area (Å²) in [5.41, 5.74) is 2.56. The number of carbonyl (C=O) groups is 1. The molecule has 0 amide bonds. The van der Waals surface area contributed by atoms with E-state index in [4.69, 9.17) is 16.3 Å². The number of esters is 1. The molecule has 0 aliphatic carbocycles. The fourth-order valence-corrected chi connectivity index (χ4v) is 2.00. The molecule has 0 N–H and O–H groups in total. The van der Waals surface area contributed by atoms with Gasteiger partial charge in [-0.1, -0.05) is 29.8 Å². The summed E-state index contributed by atoms with van der Waals surface area (Å²) in [6.07, 6.45) is 0.770. The summed E-state index contributed by atoms with van der Waals surface area (Å²) in [5, 5.41) is 8.58. The third-order valence-electron chi connectivity index (χ3n) is 2.99.